The number of nitrogens with zero attached hydrogens (tertiary/aromatic N) is 1. The lowest BCUT2D eigenvalue weighted by atomic mass is 9.89. The minimum absolute atomic E-state index is 0.281. The van der Waals surface area contributed by atoms with Crippen LogP contribution in [0.3, 0.4) is 0 Å². The molecule has 0 aromatic carbocycles. The first-order chi connectivity index (χ1) is 9.06. The second kappa shape index (κ2) is 6.23. The Hall–Kier alpha value is -0.610. The highest BCUT2D eigenvalue weighted by Gasteiger charge is 2.41. The summed E-state index contributed by atoms with van der Waals surface area (Å²) in [6.07, 6.45) is 5.54. The minimum atomic E-state index is -0.322. The Morgan fingerprint density at radius 1 is 1.32 bits per heavy atom. The van der Waals surface area contributed by atoms with Crippen molar-refractivity contribution in [3.63, 3.8) is 0 Å². The second-order valence-corrected chi connectivity index (χ2v) is 6.06. The SMILES string of the molecule is CCC(C)CC(=O)N(C)C1CCC2(CC1)OCCO2. The maximum absolute atomic E-state index is 12.2. The van der Waals surface area contributed by atoms with Crippen molar-refractivity contribution in [2.75, 3.05) is 20.3 Å². The van der Waals surface area contributed by atoms with Crippen LogP contribution in [0.5, 0.6) is 0 Å². The summed E-state index contributed by atoms with van der Waals surface area (Å²) in [6, 6.07) is 0.356. The lowest BCUT2D eigenvalue weighted by Crippen LogP contribution is -2.45. The fourth-order valence-corrected chi connectivity index (χ4v) is 3.01. The molecule has 19 heavy (non-hydrogen) atoms. The van der Waals surface area contributed by atoms with Crippen LogP contribution < -0.4 is 0 Å². The molecule has 110 valence electrons. The van der Waals surface area contributed by atoms with Gasteiger partial charge in [-0.3, -0.25) is 4.79 Å². The molecule has 1 amide bonds. The first-order valence-electron chi connectivity index (χ1n) is 7.60. The van der Waals surface area contributed by atoms with E-state index in [-0.39, 0.29) is 11.7 Å². The quantitative estimate of drug-likeness (QED) is 0.787. The predicted molar refractivity (Wildman–Crippen MR) is 73.7 cm³/mol. The molecule has 1 unspecified atom stereocenters. The zero-order chi connectivity index (χ0) is 13.9. The van der Waals surface area contributed by atoms with E-state index in [1.807, 2.05) is 11.9 Å². The molecule has 1 atom stereocenters. The van der Waals surface area contributed by atoms with Gasteiger partial charge in [0, 0.05) is 32.4 Å². The van der Waals surface area contributed by atoms with Crippen molar-refractivity contribution in [3.8, 4) is 0 Å². The Morgan fingerprint density at radius 3 is 2.42 bits per heavy atom. The fraction of sp³-hybridized carbons (Fsp3) is 0.933. The lowest BCUT2D eigenvalue weighted by Gasteiger charge is -2.39. The summed E-state index contributed by atoms with van der Waals surface area (Å²) in [5.74, 6) is 0.437. The lowest BCUT2D eigenvalue weighted by molar-refractivity contribution is -0.184. The second-order valence-electron chi connectivity index (χ2n) is 6.06. The van der Waals surface area contributed by atoms with Crippen LogP contribution in [0.2, 0.25) is 0 Å². The van der Waals surface area contributed by atoms with E-state index in [4.69, 9.17) is 9.47 Å². The van der Waals surface area contributed by atoms with Gasteiger partial charge in [0.1, 0.15) is 0 Å². The van der Waals surface area contributed by atoms with Crippen molar-refractivity contribution in [2.24, 2.45) is 5.92 Å². The van der Waals surface area contributed by atoms with Crippen LogP contribution in [-0.2, 0) is 14.3 Å². The van der Waals surface area contributed by atoms with E-state index >= 15 is 0 Å². The van der Waals surface area contributed by atoms with Crippen molar-refractivity contribution in [1.29, 1.82) is 0 Å². The third-order valence-corrected chi connectivity index (χ3v) is 4.69. The Balaban J connectivity index is 1.81. The summed E-state index contributed by atoms with van der Waals surface area (Å²) in [5, 5.41) is 0. The standard InChI is InChI=1S/C15H27NO3/c1-4-12(2)11-14(17)16(3)13-5-7-15(8-6-13)18-9-10-19-15/h12-13H,4-11H2,1-3H3. The molecule has 4 heteroatoms. The highest BCUT2D eigenvalue weighted by molar-refractivity contribution is 5.76. The van der Waals surface area contributed by atoms with Gasteiger partial charge in [-0.2, -0.15) is 0 Å². The Bertz CT molecular complexity index is 303. The smallest absolute Gasteiger partial charge is 0.222 e. The molecule has 1 spiro atoms. The van der Waals surface area contributed by atoms with Gasteiger partial charge in [-0.15, -0.1) is 0 Å². The number of hydrogen-bond acceptors (Lipinski definition) is 3. The van der Waals surface area contributed by atoms with Gasteiger partial charge in [0.15, 0.2) is 5.79 Å². The summed E-state index contributed by atoms with van der Waals surface area (Å²) in [5.41, 5.74) is 0. The van der Waals surface area contributed by atoms with Crippen molar-refractivity contribution in [1.82, 2.24) is 4.90 Å². The van der Waals surface area contributed by atoms with E-state index in [0.717, 1.165) is 32.1 Å². The number of rotatable bonds is 4. The largest absolute Gasteiger partial charge is 0.348 e. The molecule has 2 aliphatic rings. The van der Waals surface area contributed by atoms with Crippen LogP contribution >= 0.6 is 0 Å². The highest BCUT2D eigenvalue weighted by Crippen LogP contribution is 2.37. The number of ether oxygens (including phenoxy) is 2. The van der Waals surface area contributed by atoms with E-state index < -0.39 is 0 Å². The summed E-state index contributed by atoms with van der Waals surface area (Å²) >= 11 is 0. The average Bonchev–Trinajstić information content (AvgIpc) is 2.87. The summed E-state index contributed by atoms with van der Waals surface area (Å²) in [7, 11) is 1.95. The van der Waals surface area contributed by atoms with E-state index in [1.54, 1.807) is 0 Å². The maximum atomic E-state index is 12.2. The summed E-state index contributed by atoms with van der Waals surface area (Å²) in [4.78, 5) is 14.1. The molecule has 1 saturated heterocycles. The van der Waals surface area contributed by atoms with Crippen LogP contribution in [-0.4, -0.2) is 42.9 Å². The van der Waals surface area contributed by atoms with E-state index in [2.05, 4.69) is 13.8 Å². The van der Waals surface area contributed by atoms with Crippen LogP contribution in [0.15, 0.2) is 0 Å². The maximum Gasteiger partial charge on any atom is 0.222 e. The van der Waals surface area contributed by atoms with E-state index in [9.17, 15) is 4.79 Å². The van der Waals surface area contributed by atoms with Crippen molar-refractivity contribution >= 4 is 5.91 Å². The highest BCUT2D eigenvalue weighted by atomic mass is 16.7. The third kappa shape index (κ3) is 3.48. The topological polar surface area (TPSA) is 38.8 Å². The van der Waals surface area contributed by atoms with Gasteiger partial charge >= 0.3 is 0 Å². The van der Waals surface area contributed by atoms with Crippen LogP contribution in [0.4, 0.5) is 0 Å². The molecule has 1 heterocycles. The van der Waals surface area contributed by atoms with Crippen LogP contribution in [0.25, 0.3) is 0 Å². The first kappa shape index (κ1) is 14.8. The molecule has 0 bridgehead atoms. The molecule has 0 aromatic rings. The van der Waals surface area contributed by atoms with Gasteiger partial charge in [-0.25, -0.2) is 0 Å². The van der Waals surface area contributed by atoms with E-state index in [0.29, 0.717) is 31.6 Å². The minimum Gasteiger partial charge on any atom is -0.348 e. The van der Waals surface area contributed by atoms with E-state index in [1.165, 1.54) is 0 Å². The zero-order valence-corrected chi connectivity index (χ0v) is 12.5. The van der Waals surface area contributed by atoms with Gasteiger partial charge < -0.3 is 14.4 Å². The predicted octanol–water partition coefficient (Wildman–Crippen LogP) is 2.57. The third-order valence-electron chi connectivity index (χ3n) is 4.69. The number of hydrogen-bond donors (Lipinski definition) is 0. The molecule has 2 rings (SSSR count). The zero-order valence-electron chi connectivity index (χ0n) is 12.5. The van der Waals surface area contributed by atoms with Gasteiger partial charge in [-0.05, 0) is 18.8 Å². The molecule has 1 saturated carbocycles. The van der Waals surface area contributed by atoms with Crippen molar-refractivity contribution in [3.05, 3.63) is 0 Å². The van der Waals surface area contributed by atoms with Gasteiger partial charge in [0.25, 0.3) is 0 Å². The molecule has 2 fully saturated rings. The molecule has 0 N–H and O–H groups in total. The first-order valence-corrected chi connectivity index (χ1v) is 7.60. The van der Waals surface area contributed by atoms with Crippen LogP contribution in [0, 0.1) is 5.92 Å². The molecule has 1 aliphatic carbocycles. The normalized spacial score (nSPS) is 24.6. The van der Waals surface area contributed by atoms with Crippen LogP contribution in [0.1, 0.15) is 52.4 Å². The van der Waals surface area contributed by atoms with Gasteiger partial charge in [0.2, 0.25) is 5.91 Å². The van der Waals surface area contributed by atoms with Gasteiger partial charge in [0.05, 0.1) is 13.2 Å². The average molecular weight is 269 g/mol. The Morgan fingerprint density at radius 2 is 1.89 bits per heavy atom. The van der Waals surface area contributed by atoms with Gasteiger partial charge in [-0.1, -0.05) is 20.3 Å². The molecular formula is C15H27NO3. The number of carbonyl (C=O) groups excluding carboxylic acids is 1. The Kier molecular flexibility index (Phi) is 4.85. The molecular weight excluding hydrogens is 242 g/mol. The monoisotopic (exact) mass is 269 g/mol. The molecule has 4 nitrogen and oxygen atoms in total. The molecule has 1 aliphatic heterocycles. The summed E-state index contributed by atoms with van der Waals surface area (Å²) in [6.45, 7) is 5.71. The fourth-order valence-electron chi connectivity index (χ4n) is 3.01. The Labute approximate surface area is 116 Å². The number of amides is 1. The van der Waals surface area contributed by atoms with Crippen molar-refractivity contribution in [2.45, 2.75) is 64.2 Å². The molecule has 0 aromatic heterocycles. The summed E-state index contributed by atoms with van der Waals surface area (Å²) < 4.78 is 11.5. The van der Waals surface area contributed by atoms with Crippen molar-refractivity contribution < 1.29 is 14.3 Å². The number of carbonyl (C=O) groups is 1. The molecule has 0 radical (unpaired) electrons.